The molecule has 0 atom stereocenters. The van der Waals surface area contributed by atoms with E-state index in [4.69, 9.17) is 26.4 Å². The van der Waals surface area contributed by atoms with E-state index in [1.54, 1.807) is 12.1 Å². The van der Waals surface area contributed by atoms with Gasteiger partial charge in [0.25, 0.3) is 5.91 Å². The molecular weight excluding hydrogens is 494 g/mol. The maximum absolute atomic E-state index is 13.0. The van der Waals surface area contributed by atoms with Gasteiger partial charge in [0.15, 0.2) is 21.7 Å². The molecule has 36 heavy (non-hydrogen) atoms. The van der Waals surface area contributed by atoms with Gasteiger partial charge in [-0.2, -0.15) is 0 Å². The summed E-state index contributed by atoms with van der Waals surface area (Å²) in [5.41, 5.74) is 2.21. The highest BCUT2D eigenvalue weighted by atomic mass is 32.1. The fourth-order valence-electron chi connectivity index (χ4n) is 3.73. The van der Waals surface area contributed by atoms with Crippen LogP contribution in [0.2, 0.25) is 0 Å². The fraction of sp³-hybridized carbons (Fsp3) is 0.222. The number of ether oxygens (including phenoxy) is 3. The molecule has 4 rings (SSSR count). The summed E-state index contributed by atoms with van der Waals surface area (Å²) < 4.78 is 17.1. The maximum Gasteiger partial charge on any atom is 0.257 e. The van der Waals surface area contributed by atoms with Crippen molar-refractivity contribution in [3.8, 4) is 28.5 Å². The molecule has 1 heterocycles. The Morgan fingerprint density at radius 3 is 2.31 bits per heavy atom. The second kappa shape index (κ2) is 11.8. The van der Waals surface area contributed by atoms with Crippen molar-refractivity contribution in [3.05, 3.63) is 65.5 Å². The highest BCUT2D eigenvalue weighted by Crippen LogP contribution is 2.39. The number of rotatable bonds is 9. The number of hydrogen-bond donors (Lipinski definition) is 2. The van der Waals surface area contributed by atoms with Crippen LogP contribution in [0.15, 0.2) is 60.0 Å². The number of thiazole rings is 1. The summed E-state index contributed by atoms with van der Waals surface area (Å²) in [6.45, 7) is 6.87. The highest BCUT2D eigenvalue weighted by Gasteiger charge is 2.19. The van der Waals surface area contributed by atoms with E-state index in [2.05, 4.69) is 33.8 Å². The second-order valence-corrected chi connectivity index (χ2v) is 8.84. The van der Waals surface area contributed by atoms with Gasteiger partial charge < -0.3 is 19.5 Å². The lowest BCUT2D eigenvalue weighted by Gasteiger charge is -2.17. The Morgan fingerprint density at radius 2 is 1.61 bits per heavy atom. The molecule has 0 fully saturated rings. The molecule has 0 saturated heterocycles. The van der Waals surface area contributed by atoms with Gasteiger partial charge in [-0.25, -0.2) is 4.98 Å². The predicted molar refractivity (Wildman–Crippen MR) is 149 cm³/mol. The quantitative estimate of drug-likeness (QED) is 0.251. The van der Waals surface area contributed by atoms with Crippen LogP contribution in [0.4, 0.5) is 5.13 Å². The number of amides is 1. The number of carbonyl (C=O) groups is 1. The minimum absolute atomic E-state index is 0.142. The van der Waals surface area contributed by atoms with E-state index in [9.17, 15) is 4.79 Å². The lowest BCUT2D eigenvalue weighted by molar-refractivity contribution is 0.0976. The van der Waals surface area contributed by atoms with Crippen LogP contribution in [-0.4, -0.2) is 35.8 Å². The number of benzene rings is 3. The van der Waals surface area contributed by atoms with Gasteiger partial charge in [-0.3, -0.25) is 10.1 Å². The predicted octanol–water partition coefficient (Wildman–Crippen LogP) is 6.29. The van der Waals surface area contributed by atoms with E-state index in [0.717, 1.165) is 22.0 Å². The molecule has 186 valence electrons. The molecule has 1 amide bonds. The molecule has 0 saturated carbocycles. The second-order valence-electron chi connectivity index (χ2n) is 7.57. The Hall–Kier alpha value is -3.69. The Labute approximate surface area is 219 Å². The Bertz CT molecular complexity index is 1350. The minimum Gasteiger partial charge on any atom is -0.490 e. The van der Waals surface area contributed by atoms with Crippen LogP contribution in [0.3, 0.4) is 0 Å². The van der Waals surface area contributed by atoms with E-state index in [1.165, 1.54) is 11.3 Å². The number of thiocarbonyl (C=S) groups is 1. The van der Waals surface area contributed by atoms with Crippen molar-refractivity contribution in [1.29, 1.82) is 0 Å². The number of anilines is 1. The third-order valence-corrected chi connectivity index (χ3v) is 6.15. The molecule has 0 unspecified atom stereocenters. The average Bonchev–Trinajstić information content (AvgIpc) is 3.33. The number of aromatic nitrogens is 1. The monoisotopic (exact) mass is 521 g/mol. The van der Waals surface area contributed by atoms with Gasteiger partial charge in [0.05, 0.1) is 25.5 Å². The Morgan fingerprint density at radius 1 is 0.944 bits per heavy atom. The number of fused-ring (bicyclic) bond motifs is 1. The van der Waals surface area contributed by atoms with E-state index in [1.807, 2.05) is 50.4 Å². The lowest BCUT2D eigenvalue weighted by Crippen LogP contribution is -2.34. The summed E-state index contributed by atoms with van der Waals surface area (Å²) in [6.07, 6.45) is 0. The number of carbonyl (C=O) groups excluding carboxylic acids is 1. The summed E-state index contributed by atoms with van der Waals surface area (Å²) in [7, 11) is 0. The number of nitrogens with one attached hydrogen (secondary N) is 2. The largest absolute Gasteiger partial charge is 0.490 e. The van der Waals surface area contributed by atoms with Gasteiger partial charge in [0.2, 0.25) is 5.75 Å². The van der Waals surface area contributed by atoms with Crippen LogP contribution in [0.25, 0.3) is 22.0 Å². The van der Waals surface area contributed by atoms with Crippen LogP contribution >= 0.6 is 23.6 Å². The summed E-state index contributed by atoms with van der Waals surface area (Å²) in [6, 6.07) is 17.5. The molecule has 0 aliphatic rings. The Balaban J connectivity index is 1.50. The molecular formula is C27H27N3O4S2. The smallest absolute Gasteiger partial charge is 0.257 e. The Kier molecular flexibility index (Phi) is 8.35. The first-order valence-electron chi connectivity index (χ1n) is 11.7. The van der Waals surface area contributed by atoms with Crippen molar-refractivity contribution >= 4 is 50.5 Å². The standard InChI is InChI=1S/C27H27N3O4S2/c1-4-32-22-14-18(15-23(33-5-2)24(22)34-6-3)25(31)29-26(35)30-27-28-21(16-36-27)20-13-9-11-17-10-7-8-12-19(17)20/h7-16H,4-6H2,1-3H3,(H2,28,29,30,31,35). The number of hydrogen-bond acceptors (Lipinski definition) is 7. The van der Waals surface area contributed by atoms with Gasteiger partial charge in [-0.05, 0) is 55.9 Å². The third-order valence-electron chi connectivity index (χ3n) is 5.19. The highest BCUT2D eigenvalue weighted by molar-refractivity contribution is 7.80. The fourth-order valence-corrected chi connectivity index (χ4v) is 4.70. The molecule has 0 aliphatic heterocycles. The molecule has 0 spiro atoms. The summed E-state index contributed by atoms with van der Waals surface area (Å²) in [5, 5.41) is 10.7. The van der Waals surface area contributed by atoms with Crippen molar-refractivity contribution in [2.24, 2.45) is 0 Å². The molecule has 9 heteroatoms. The first-order valence-corrected chi connectivity index (χ1v) is 12.9. The lowest BCUT2D eigenvalue weighted by atomic mass is 10.0. The van der Waals surface area contributed by atoms with Crippen LogP contribution in [0.5, 0.6) is 17.2 Å². The van der Waals surface area contributed by atoms with E-state index in [0.29, 0.717) is 47.8 Å². The summed E-state index contributed by atoms with van der Waals surface area (Å²) in [4.78, 5) is 17.7. The first-order chi connectivity index (χ1) is 17.5. The van der Waals surface area contributed by atoms with Crippen LogP contribution in [0, 0.1) is 0 Å². The van der Waals surface area contributed by atoms with Gasteiger partial charge in [-0.15, -0.1) is 11.3 Å². The van der Waals surface area contributed by atoms with Crippen LogP contribution in [0.1, 0.15) is 31.1 Å². The molecule has 0 aliphatic carbocycles. The third kappa shape index (κ3) is 5.75. The van der Waals surface area contributed by atoms with Gasteiger partial charge in [-0.1, -0.05) is 42.5 Å². The van der Waals surface area contributed by atoms with Crippen LogP contribution in [-0.2, 0) is 0 Å². The molecule has 0 radical (unpaired) electrons. The molecule has 0 bridgehead atoms. The van der Waals surface area contributed by atoms with Gasteiger partial charge >= 0.3 is 0 Å². The molecule has 1 aromatic heterocycles. The van der Waals surface area contributed by atoms with E-state index < -0.39 is 5.91 Å². The maximum atomic E-state index is 13.0. The van der Waals surface area contributed by atoms with Gasteiger partial charge in [0.1, 0.15) is 0 Å². The van der Waals surface area contributed by atoms with Crippen molar-refractivity contribution in [1.82, 2.24) is 10.3 Å². The molecule has 7 nitrogen and oxygen atoms in total. The van der Waals surface area contributed by atoms with Crippen molar-refractivity contribution in [3.63, 3.8) is 0 Å². The SMILES string of the molecule is CCOc1cc(C(=O)NC(=S)Nc2nc(-c3cccc4ccccc34)cs2)cc(OCC)c1OCC. The number of nitrogens with zero attached hydrogens (tertiary/aromatic N) is 1. The zero-order valence-corrected chi connectivity index (χ0v) is 21.9. The van der Waals surface area contributed by atoms with E-state index in [-0.39, 0.29) is 5.11 Å². The molecule has 2 N–H and O–H groups in total. The van der Waals surface area contributed by atoms with Gasteiger partial charge in [0, 0.05) is 16.5 Å². The molecule has 3 aromatic carbocycles. The zero-order valence-electron chi connectivity index (χ0n) is 20.3. The van der Waals surface area contributed by atoms with E-state index >= 15 is 0 Å². The summed E-state index contributed by atoms with van der Waals surface area (Å²) >= 11 is 6.80. The zero-order chi connectivity index (χ0) is 25.5. The van der Waals surface area contributed by atoms with Crippen LogP contribution < -0.4 is 24.8 Å². The first kappa shape index (κ1) is 25.4. The normalized spacial score (nSPS) is 10.6. The topological polar surface area (TPSA) is 81.7 Å². The average molecular weight is 522 g/mol. The van der Waals surface area contributed by atoms with Crippen molar-refractivity contribution < 1.29 is 19.0 Å². The van der Waals surface area contributed by atoms with Crippen molar-refractivity contribution in [2.75, 3.05) is 25.1 Å². The summed E-state index contributed by atoms with van der Waals surface area (Å²) in [5.74, 6) is 0.952. The van der Waals surface area contributed by atoms with Crippen molar-refractivity contribution in [2.45, 2.75) is 20.8 Å². The molecule has 4 aromatic rings. The minimum atomic E-state index is -0.400.